The lowest BCUT2D eigenvalue weighted by molar-refractivity contribution is -0.120. The van der Waals surface area contributed by atoms with Crippen LogP contribution in [0.25, 0.3) is 0 Å². The van der Waals surface area contributed by atoms with E-state index in [9.17, 15) is 14.0 Å². The molecule has 1 aromatic rings. The predicted molar refractivity (Wildman–Crippen MR) is 68.6 cm³/mol. The first kappa shape index (κ1) is 14.9. The fourth-order valence-corrected chi connectivity index (χ4v) is 1.44. The van der Waals surface area contributed by atoms with E-state index in [4.69, 9.17) is 4.74 Å². The van der Waals surface area contributed by atoms with Crippen LogP contribution in [-0.4, -0.2) is 31.5 Å². The molecule has 2 amide bonds. The van der Waals surface area contributed by atoms with Gasteiger partial charge in [-0.25, -0.2) is 4.39 Å². The van der Waals surface area contributed by atoms with Crippen LogP contribution >= 0.6 is 0 Å². The Balaban J connectivity index is 2.61. The summed E-state index contributed by atoms with van der Waals surface area (Å²) in [5.74, 6) is -1.33. The van der Waals surface area contributed by atoms with Crippen molar-refractivity contribution < 1.29 is 18.7 Å². The summed E-state index contributed by atoms with van der Waals surface area (Å²) in [6.07, 6.45) is 0. The van der Waals surface area contributed by atoms with Crippen molar-refractivity contribution in [3.05, 3.63) is 29.6 Å². The minimum absolute atomic E-state index is 0.0119. The molecule has 0 atom stereocenters. The topological polar surface area (TPSA) is 67.4 Å². The summed E-state index contributed by atoms with van der Waals surface area (Å²) in [7, 11) is 1.41. The normalized spacial score (nSPS) is 10.2. The molecular formula is C13H17FN2O3. The van der Waals surface area contributed by atoms with Gasteiger partial charge in [0.05, 0.1) is 19.2 Å². The Labute approximate surface area is 111 Å². The number of hydrogen-bond donors (Lipinski definition) is 2. The van der Waals surface area contributed by atoms with Gasteiger partial charge in [0.25, 0.3) is 5.91 Å². The molecule has 6 heteroatoms. The first-order chi connectivity index (χ1) is 8.93. The third kappa shape index (κ3) is 4.57. The molecule has 0 unspecified atom stereocenters. The first-order valence-corrected chi connectivity index (χ1v) is 5.85. The highest BCUT2D eigenvalue weighted by Gasteiger charge is 2.13. The minimum Gasteiger partial charge on any atom is -0.497 e. The van der Waals surface area contributed by atoms with Crippen molar-refractivity contribution in [1.82, 2.24) is 10.6 Å². The Morgan fingerprint density at radius 2 is 2.05 bits per heavy atom. The molecule has 1 aromatic carbocycles. The SMILES string of the molecule is COc1ccc(C(=O)NCC(=O)NC(C)C)c(F)c1. The number of amides is 2. The van der Waals surface area contributed by atoms with Gasteiger partial charge in [-0.05, 0) is 26.0 Å². The third-order valence-electron chi connectivity index (χ3n) is 2.28. The zero-order valence-corrected chi connectivity index (χ0v) is 11.1. The first-order valence-electron chi connectivity index (χ1n) is 5.85. The fraction of sp³-hybridized carbons (Fsp3) is 0.385. The summed E-state index contributed by atoms with van der Waals surface area (Å²) in [6.45, 7) is 3.42. The highest BCUT2D eigenvalue weighted by molar-refractivity contribution is 5.96. The van der Waals surface area contributed by atoms with Crippen LogP contribution in [0, 0.1) is 5.82 Å². The molecule has 0 aliphatic rings. The summed E-state index contributed by atoms with van der Waals surface area (Å²) in [5.41, 5.74) is -0.127. The van der Waals surface area contributed by atoms with Gasteiger partial charge in [-0.1, -0.05) is 0 Å². The Bertz CT molecular complexity index is 475. The zero-order valence-electron chi connectivity index (χ0n) is 11.1. The molecular weight excluding hydrogens is 251 g/mol. The maximum atomic E-state index is 13.6. The molecule has 0 radical (unpaired) electrons. The molecule has 0 heterocycles. The van der Waals surface area contributed by atoms with E-state index in [2.05, 4.69) is 10.6 Å². The van der Waals surface area contributed by atoms with Crippen molar-refractivity contribution in [2.75, 3.05) is 13.7 Å². The largest absolute Gasteiger partial charge is 0.497 e. The number of carbonyl (C=O) groups is 2. The van der Waals surface area contributed by atoms with Crippen LogP contribution in [0.2, 0.25) is 0 Å². The Morgan fingerprint density at radius 3 is 2.58 bits per heavy atom. The lowest BCUT2D eigenvalue weighted by Gasteiger charge is -2.10. The van der Waals surface area contributed by atoms with E-state index in [0.29, 0.717) is 5.75 Å². The van der Waals surface area contributed by atoms with Crippen LogP contribution in [-0.2, 0) is 4.79 Å². The molecule has 0 bridgehead atoms. The molecule has 0 aromatic heterocycles. The van der Waals surface area contributed by atoms with Gasteiger partial charge in [0.1, 0.15) is 11.6 Å². The Kier molecular flexibility index (Phi) is 5.29. The van der Waals surface area contributed by atoms with E-state index < -0.39 is 11.7 Å². The molecule has 0 aliphatic carbocycles. The van der Waals surface area contributed by atoms with Gasteiger partial charge < -0.3 is 15.4 Å². The lowest BCUT2D eigenvalue weighted by Crippen LogP contribution is -2.40. The highest BCUT2D eigenvalue weighted by atomic mass is 19.1. The van der Waals surface area contributed by atoms with Gasteiger partial charge in [-0.15, -0.1) is 0 Å². The van der Waals surface area contributed by atoms with Crippen LogP contribution < -0.4 is 15.4 Å². The van der Waals surface area contributed by atoms with Crippen molar-refractivity contribution in [2.24, 2.45) is 0 Å². The summed E-state index contributed by atoms with van der Waals surface area (Å²) in [5, 5.41) is 4.97. The Morgan fingerprint density at radius 1 is 1.37 bits per heavy atom. The minimum atomic E-state index is -0.693. The molecule has 1 rings (SSSR count). The molecule has 104 valence electrons. The summed E-state index contributed by atoms with van der Waals surface area (Å²) in [6, 6.07) is 3.89. The van der Waals surface area contributed by atoms with Crippen LogP contribution in [0.4, 0.5) is 4.39 Å². The van der Waals surface area contributed by atoms with E-state index in [0.717, 1.165) is 6.07 Å². The second-order valence-electron chi connectivity index (χ2n) is 4.25. The summed E-state index contributed by atoms with van der Waals surface area (Å²) >= 11 is 0. The van der Waals surface area contributed by atoms with Crippen molar-refractivity contribution in [1.29, 1.82) is 0 Å². The molecule has 0 spiro atoms. The van der Waals surface area contributed by atoms with Gasteiger partial charge >= 0.3 is 0 Å². The number of hydrogen-bond acceptors (Lipinski definition) is 3. The molecule has 2 N–H and O–H groups in total. The molecule has 0 aliphatic heterocycles. The number of halogens is 1. The number of ether oxygens (including phenoxy) is 1. The maximum absolute atomic E-state index is 13.6. The second kappa shape index (κ2) is 6.72. The maximum Gasteiger partial charge on any atom is 0.254 e. The monoisotopic (exact) mass is 268 g/mol. The van der Waals surface area contributed by atoms with Crippen molar-refractivity contribution in [2.45, 2.75) is 19.9 Å². The zero-order chi connectivity index (χ0) is 14.4. The molecule has 0 fully saturated rings. The van der Waals surface area contributed by atoms with Crippen LogP contribution in [0.3, 0.4) is 0 Å². The van der Waals surface area contributed by atoms with Gasteiger partial charge in [0.15, 0.2) is 0 Å². The van der Waals surface area contributed by atoms with Gasteiger partial charge in [0.2, 0.25) is 5.91 Å². The summed E-state index contributed by atoms with van der Waals surface area (Å²) < 4.78 is 18.4. The van der Waals surface area contributed by atoms with Crippen LogP contribution in [0.1, 0.15) is 24.2 Å². The number of benzene rings is 1. The van der Waals surface area contributed by atoms with Crippen molar-refractivity contribution >= 4 is 11.8 Å². The summed E-state index contributed by atoms with van der Waals surface area (Å²) in [4.78, 5) is 23.0. The van der Waals surface area contributed by atoms with E-state index in [1.54, 1.807) is 0 Å². The van der Waals surface area contributed by atoms with Crippen LogP contribution in [0.15, 0.2) is 18.2 Å². The van der Waals surface area contributed by atoms with Crippen LogP contribution in [0.5, 0.6) is 5.75 Å². The lowest BCUT2D eigenvalue weighted by atomic mass is 10.2. The fourth-order valence-electron chi connectivity index (χ4n) is 1.44. The standard InChI is InChI=1S/C13H17FN2O3/c1-8(2)16-12(17)7-15-13(18)10-5-4-9(19-3)6-11(10)14/h4-6,8H,7H2,1-3H3,(H,15,18)(H,16,17). The van der Waals surface area contributed by atoms with E-state index in [1.807, 2.05) is 13.8 Å². The van der Waals surface area contributed by atoms with Gasteiger partial charge in [-0.2, -0.15) is 0 Å². The van der Waals surface area contributed by atoms with E-state index >= 15 is 0 Å². The van der Waals surface area contributed by atoms with E-state index in [1.165, 1.54) is 19.2 Å². The van der Waals surface area contributed by atoms with Crippen molar-refractivity contribution in [3.63, 3.8) is 0 Å². The van der Waals surface area contributed by atoms with Gasteiger partial charge in [0, 0.05) is 12.1 Å². The number of rotatable bonds is 5. The highest BCUT2D eigenvalue weighted by Crippen LogP contribution is 2.15. The number of carbonyl (C=O) groups excluding carboxylic acids is 2. The Hall–Kier alpha value is -2.11. The molecule has 19 heavy (non-hydrogen) atoms. The van der Waals surface area contributed by atoms with Crippen molar-refractivity contribution in [3.8, 4) is 5.75 Å². The molecule has 0 saturated heterocycles. The second-order valence-corrected chi connectivity index (χ2v) is 4.25. The third-order valence-corrected chi connectivity index (χ3v) is 2.28. The molecule has 0 saturated carbocycles. The average molecular weight is 268 g/mol. The predicted octanol–water partition coefficient (Wildman–Crippen LogP) is 1.09. The van der Waals surface area contributed by atoms with E-state index in [-0.39, 0.29) is 24.1 Å². The quantitative estimate of drug-likeness (QED) is 0.840. The smallest absolute Gasteiger partial charge is 0.254 e. The average Bonchev–Trinajstić information content (AvgIpc) is 2.35. The number of methoxy groups -OCH3 is 1. The van der Waals surface area contributed by atoms with Gasteiger partial charge in [-0.3, -0.25) is 9.59 Å². The number of nitrogens with one attached hydrogen (secondary N) is 2. The molecule has 5 nitrogen and oxygen atoms in total.